The van der Waals surface area contributed by atoms with E-state index in [2.05, 4.69) is 142 Å². The van der Waals surface area contributed by atoms with Gasteiger partial charge in [-0.3, -0.25) is 0 Å². The second-order valence-electron chi connectivity index (χ2n) is 10.8. The molecule has 0 fully saturated rings. The maximum Gasteiger partial charge on any atom is 0.00612 e. The lowest BCUT2D eigenvalue weighted by Crippen LogP contribution is -1.98. The molecule has 188 valence electrons. The summed E-state index contributed by atoms with van der Waals surface area (Å²) in [5, 5.41) is 0. The molecule has 36 heavy (non-hydrogen) atoms. The van der Waals surface area contributed by atoms with Crippen LogP contribution in [0.2, 0.25) is 0 Å². The summed E-state index contributed by atoms with van der Waals surface area (Å²) in [6.07, 6.45) is 0. The zero-order valence-electron chi connectivity index (χ0n) is 24.1. The first-order valence-electron chi connectivity index (χ1n) is 13.3. The minimum atomic E-state index is 0.462. The molecule has 0 aliphatic rings. The highest BCUT2D eigenvalue weighted by molar-refractivity contribution is 5.41. The topological polar surface area (TPSA) is 0 Å². The van der Waals surface area contributed by atoms with Gasteiger partial charge in [-0.1, -0.05) is 86.6 Å². The Hall–Kier alpha value is -3.12. The Morgan fingerprint density at radius 1 is 0.306 bits per heavy atom. The van der Waals surface area contributed by atoms with E-state index in [-0.39, 0.29) is 0 Å². The van der Waals surface area contributed by atoms with Gasteiger partial charge in [-0.15, -0.1) is 0 Å². The molecule has 0 N–H and O–H groups in total. The van der Waals surface area contributed by atoms with Gasteiger partial charge in [0.1, 0.15) is 0 Å². The van der Waals surface area contributed by atoms with Crippen molar-refractivity contribution >= 4 is 0 Å². The van der Waals surface area contributed by atoms with Crippen molar-refractivity contribution in [2.45, 2.75) is 81.1 Å². The van der Waals surface area contributed by atoms with Crippen LogP contribution in [0, 0.1) is 55.4 Å². The van der Waals surface area contributed by atoms with E-state index in [1.807, 2.05) is 0 Å². The van der Waals surface area contributed by atoms with Crippen LogP contribution in [-0.4, -0.2) is 0 Å². The van der Waals surface area contributed by atoms with E-state index >= 15 is 0 Å². The van der Waals surface area contributed by atoms with Crippen molar-refractivity contribution in [2.75, 3.05) is 0 Å². The fraction of sp³-hybridized carbons (Fsp3) is 0.333. The number of hydrogen-bond acceptors (Lipinski definition) is 0. The van der Waals surface area contributed by atoms with Gasteiger partial charge in [0.15, 0.2) is 0 Å². The van der Waals surface area contributed by atoms with Gasteiger partial charge in [0.25, 0.3) is 0 Å². The molecular weight excluding hydrogens is 432 g/mol. The molecule has 0 nitrogen and oxygen atoms in total. The Bertz CT molecular complexity index is 1130. The van der Waals surface area contributed by atoms with Crippen LogP contribution in [0.1, 0.15) is 92.4 Å². The second kappa shape index (κ2) is 11.7. The number of aryl methyl sites for hydroxylation is 8. The average Bonchev–Trinajstić information content (AvgIpc) is 2.85. The summed E-state index contributed by atoms with van der Waals surface area (Å²) in [6.45, 7) is 22.0. The fourth-order valence-corrected chi connectivity index (χ4v) is 4.52. The minimum absolute atomic E-state index is 0.462. The van der Waals surface area contributed by atoms with E-state index in [0.29, 0.717) is 11.8 Å². The van der Waals surface area contributed by atoms with E-state index in [9.17, 15) is 0 Å². The van der Waals surface area contributed by atoms with Gasteiger partial charge in [-0.25, -0.2) is 0 Å². The van der Waals surface area contributed by atoms with Crippen molar-refractivity contribution in [3.63, 3.8) is 0 Å². The van der Waals surface area contributed by atoms with Gasteiger partial charge in [0, 0.05) is 11.8 Å². The summed E-state index contributed by atoms with van der Waals surface area (Å²) < 4.78 is 0. The lowest BCUT2D eigenvalue weighted by molar-refractivity contribution is 0.915. The van der Waals surface area contributed by atoms with Crippen molar-refractivity contribution in [1.82, 2.24) is 0 Å². The van der Waals surface area contributed by atoms with Crippen molar-refractivity contribution in [3.8, 4) is 0 Å². The molecule has 0 spiro atoms. The average molecular weight is 477 g/mol. The van der Waals surface area contributed by atoms with Crippen LogP contribution in [0.25, 0.3) is 0 Å². The highest BCUT2D eigenvalue weighted by Gasteiger charge is 2.11. The van der Waals surface area contributed by atoms with Gasteiger partial charge < -0.3 is 0 Å². The zero-order chi connectivity index (χ0) is 26.6. The zero-order valence-corrected chi connectivity index (χ0v) is 24.1. The summed E-state index contributed by atoms with van der Waals surface area (Å²) in [7, 11) is 0. The Balaban J connectivity index is 0.000000201. The summed E-state index contributed by atoms with van der Waals surface area (Å²) >= 11 is 0. The van der Waals surface area contributed by atoms with E-state index in [4.69, 9.17) is 0 Å². The molecule has 4 rings (SSSR count). The minimum Gasteiger partial charge on any atom is -0.0588 e. The van der Waals surface area contributed by atoms with Crippen LogP contribution in [0.4, 0.5) is 0 Å². The molecule has 0 amide bonds. The van der Waals surface area contributed by atoms with Gasteiger partial charge >= 0.3 is 0 Å². The van der Waals surface area contributed by atoms with Gasteiger partial charge in [-0.2, -0.15) is 0 Å². The lowest BCUT2D eigenvalue weighted by Gasteiger charge is -2.15. The molecule has 4 aromatic rings. The third-order valence-electron chi connectivity index (χ3n) is 8.12. The molecule has 0 aromatic heterocycles. The molecule has 4 aromatic carbocycles. The summed E-state index contributed by atoms with van der Waals surface area (Å²) in [5.41, 5.74) is 16.6. The second-order valence-corrected chi connectivity index (χ2v) is 10.8. The fourth-order valence-electron chi connectivity index (χ4n) is 4.52. The SMILES string of the molecule is Cc1ccc(C(C)c2ccc(C)c(C)c2)cc1C.Cc1ccc(C(C)c2ccc(C)c(C)c2)cc1C. The first-order valence-corrected chi connectivity index (χ1v) is 13.3. The molecule has 0 atom stereocenters. The van der Waals surface area contributed by atoms with E-state index in [1.54, 1.807) is 0 Å². The van der Waals surface area contributed by atoms with Gasteiger partial charge in [0.05, 0.1) is 0 Å². The van der Waals surface area contributed by atoms with Crippen LogP contribution in [-0.2, 0) is 0 Å². The number of rotatable bonds is 4. The predicted octanol–water partition coefficient (Wildman–Crippen LogP) is 10.1. The molecule has 0 saturated heterocycles. The van der Waals surface area contributed by atoms with Crippen molar-refractivity contribution in [2.24, 2.45) is 0 Å². The normalized spacial score (nSPS) is 11.0. The van der Waals surface area contributed by atoms with Crippen LogP contribution in [0.15, 0.2) is 72.8 Å². The Labute approximate surface area is 220 Å². The maximum absolute atomic E-state index is 2.31. The maximum atomic E-state index is 2.31. The summed E-state index contributed by atoms with van der Waals surface area (Å²) in [4.78, 5) is 0. The molecule has 0 aliphatic carbocycles. The van der Waals surface area contributed by atoms with Crippen LogP contribution in [0.5, 0.6) is 0 Å². The molecular formula is C36H44. The first-order chi connectivity index (χ1) is 17.0. The van der Waals surface area contributed by atoms with Crippen LogP contribution in [0.3, 0.4) is 0 Å². The van der Waals surface area contributed by atoms with E-state index < -0.39 is 0 Å². The van der Waals surface area contributed by atoms with Gasteiger partial charge in [-0.05, 0) is 122 Å². The molecule has 0 radical (unpaired) electrons. The van der Waals surface area contributed by atoms with Gasteiger partial charge in [0.2, 0.25) is 0 Å². The molecule has 0 unspecified atom stereocenters. The first kappa shape index (κ1) is 27.5. The highest BCUT2D eigenvalue weighted by Crippen LogP contribution is 2.28. The standard InChI is InChI=1S/2C18H22/c2*1-12-6-8-17(10-14(12)3)16(5)18-9-7-13(2)15(4)11-18/h2*6-11,16H,1-5H3. The third-order valence-corrected chi connectivity index (χ3v) is 8.12. The van der Waals surface area contributed by atoms with E-state index in [1.165, 1.54) is 66.8 Å². The van der Waals surface area contributed by atoms with Crippen molar-refractivity contribution in [3.05, 3.63) is 140 Å². The van der Waals surface area contributed by atoms with Crippen molar-refractivity contribution < 1.29 is 0 Å². The smallest absolute Gasteiger partial charge is 0.00612 e. The monoisotopic (exact) mass is 476 g/mol. The molecule has 0 aliphatic heterocycles. The van der Waals surface area contributed by atoms with E-state index in [0.717, 1.165) is 0 Å². The lowest BCUT2D eigenvalue weighted by atomic mass is 9.89. The summed E-state index contributed by atoms with van der Waals surface area (Å²) in [6, 6.07) is 27.2. The van der Waals surface area contributed by atoms with Crippen molar-refractivity contribution in [1.29, 1.82) is 0 Å². The van der Waals surface area contributed by atoms with Crippen LogP contribution < -0.4 is 0 Å². The molecule has 0 saturated carbocycles. The number of benzene rings is 4. The highest BCUT2D eigenvalue weighted by atomic mass is 14.2. The third kappa shape index (κ3) is 6.55. The number of hydrogen-bond donors (Lipinski definition) is 0. The molecule has 0 heterocycles. The Morgan fingerprint density at radius 3 is 0.667 bits per heavy atom. The Kier molecular flexibility index (Phi) is 8.96. The largest absolute Gasteiger partial charge is 0.0588 e. The Morgan fingerprint density at radius 2 is 0.500 bits per heavy atom. The summed E-state index contributed by atoms with van der Waals surface area (Å²) in [5.74, 6) is 0.923. The van der Waals surface area contributed by atoms with Crippen LogP contribution >= 0.6 is 0 Å². The molecule has 0 heteroatoms. The predicted molar refractivity (Wildman–Crippen MR) is 159 cm³/mol. The quantitative estimate of drug-likeness (QED) is 0.275. The molecule has 0 bridgehead atoms.